The van der Waals surface area contributed by atoms with Gasteiger partial charge in [-0.2, -0.15) is 0 Å². The Labute approximate surface area is 107 Å². The molecule has 0 bridgehead atoms. The van der Waals surface area contributed by atoms with Gasteiger partial charge in [-0.25, -0.2) is 4.39 Å². The van der Waals surface area contributed by atoms with E-state index in [2.05, 4.69) is 5.32 Å². The van der Waals surface area contributed by atoms with Gasteiger partial charge in [0.2, 0.25) is 5.91 Å². The van der Waals surface area contributed by atoms with Crippen LogP contribution in [-0.2, 0) is 9.53 Å². The van der Waals surface area contributed by atoms with Crippen molar-refractivity contribution in [2.75, 3.05) is 13.7 Å². The smallest absolute Gasteiger partial charge is 0.220 e. The molecule has 0 heterocycles. The summed E-state index contributed by atoms with van der Waals surface area (Å²) in [6, 6.07) is 6.23. The summed E-state index contributed by atoms with van der Waals surface area (Å²) >= 11 is 0. The molecule has 18 heavy (non-hydrogen) atoms. The van der Waals surface area contributed by atoms with Gasteiger partial charge in [-0.1, -0.05) is 25.5 Å². The number of unbranched alkanes of at least 4 members (excludes halogenated alkanes) is 1. The highest BCUT2D eigenvalue weighted by Crippen LogP contribution is 2.16. The van der Waals surface area contributed by atoms with Crippen LogP contribution < -0.4 is 5.32 Å². The van der Waals surface area contributed by atoms with Crippen molar-refractivity contribution in [3.05, 3.63) is 35.6 Å². The maximum Gasteiger partial charge on any atom is 0.220 e. The number of nitrogens with one attached hydrogen (secondary N) is 1. The van der Waals surface area contributed by atoms with E-state index in [0.717, 1.165) is 18.4 Å². The minimum absolute atomic E-state index is 0.00954. The zero-order chi connectivity index (χ0) is 13.4. The number of methoxy groups -OCH3 is 1. The summed E-state index contributed by atoms with van der Waals surface area (Å²) in [6.45, 7) is 2.40. The predicted molar refractivity (Wildman–Crippen MR) is 68.7 cm³/mol. The first kappa shape index (κ1) is 14.6. The van der Waals surface area contributed by atoms with Crippen molar-refractivity contribution in [3.63, 3.8) is 0 Å². The van der Waals surface area contributed by atoms with Crippen LogP contribution in [-0.4, -0.2) is 19.6 Å². The number of ether oxygens (including phenoxy) is 1. The van der Waals surface area contributed by atoms with Crippen LogP contribution in [0, 0.1) is 5.82 Å². The Morgan fingerprint density at radius 3 is 2.89 bits per heavy atom. The topological polar surface area (TPSA) is 38.3 Å². The van der Waals surface area contributed by atoms with E-state index in [1.165, 1.54) is 12.1 Å². The molecule has 0 spiro atoms. The summed E-state index contributed by atoms with van der Waals surface area (Å²) in [7, 11) is 1.55. The number of hydrogen-bond donors (Lipinski definition) is 1. The Morgan fingerprint density at radius 2 is 2.28 bits per heavy atom. The number of carbonyl (C=O) groups is 1. The van der Waals surface area contributed by atoms with Crippen LogP contribution in [0.25, 0.3) is 0 Å². The summed E-state index contributed by atoms with van der Waals surface area (Å²) in [5, 5.41) is 2.80. The lowest BCUT2D eigenvalue weighted by molar-refractivity contribution is -0.121. The van der Waals surface area contributed by atoms with Crippen LogP contribution in [0.4, 0.5) is 4.39 Å². The van der Waals surface area contributed by atoms with Crippen molar-refractivity contribution >= 4 is 5.91 Å². The van der Waals surface area contributed by atoms with Gasteiger partial charge in [0.15, 0.2) is 0 Å². The zero-order valence-electron chi connectivity index (χ0n) is 10.9. The van der Waals surface area contributed by atoms with Crippen molar-refractivity contribution < 1.29 is 13.9 Å². The van der Waals surface area contributed by atoms with Gasteiger partial charge in [0.25, 0.3) is 0 Å². The lowest BCUT2D eigenvalue weighted by Crippen LogP contribution is -2.28. The van der Waals surface area contributed by atoms with Crippen molar-refractivity contribution in [2.24, 2.45) is 0 Å². The Morgan fingerprint density at radius 1 is 1.50 bits per heavy atom. The second-order valence-corrected chi connectivity index (χ2v) is 4.19. The van der Waals surface area contributed by atoms with E-state index in [-0.39, 0.29) is 17.8 Å². The average molecular weight is 253 g/mol. The van der Waals surface area contributed by atoms with Crippen molar-refractivity contribution in [3.8, 4) is 0 Å². The van der Waals surface area contributed by atoms with Crippen LogP contribution in [0.5, 0.6) is 0 Å². The fourth-order valence-electron chi connectivity index (χ4n) is 1.68. The van der Waals surface area contributed by atoms with Gasteiger partial charge in [0, 0.05) is 20.1 Å². The standard InChI is InChI=1S/C14H20FNO2/c1-3-4-8-14(17)16-10-13(18-2)11-6-5-7-12(15)9-11/h5-7,9,13H,3-4,8,10H2,1-2H3,(H,16,17). The molecule has 1 amide bonds. The molecule has 100 valence electrons. The van der Waals surface area contributed by atoms with Gasteiger partial charge in [0.05, 0.1) is 6.10 Å². The summed E-state index contributed by atoms with van der Waals surface area (Å²) in [5.74, 6) is -0.290. The molecule has 0 aliphatic rings. The molecule has 1 unspecified atom stereocenters. The number of amides is 1. The van der Waals surface area contributed by atoms with E-state index >= 15 is 0 Å². The molecular formula is C14H20FNO2. The molecule has 1 aromatic carbocycles. The van der Waals surface area contributed by atoms with E-state index in [1.807, 2.05) is 6.92 Å². The Bertz CT molecular complexity index is 382. The first-order valence-corrected chi connectivity index (χ1v) is 6.22. The molecule has 4 heteroatoms. The van der Waals surface area contributed by atoms with Gasteiger partial charge in [0.1, 0.15) is 5.82 Å². The number of rotatable bonds is 7. The second kappa shape index (κ2) is 7.82. The Hall–Kier alpha value is -1.42. The van der Waals surface area contributed by atoms with Crippen LogP contribution in [0.15, 0.2) is 24.3 Å². The van der Waals surface area contributed by atoms with E-state index in [1.54, 1.807) is 19.2 Å². The van der Waals surface area contributed by atoms with E-state index in [0.29, 0.717) is 13.0 Å². The number of benzene rings is 1. The summed E-state index contributed by atoms with van der Waals surface area (Å²) in [6.07, 6.45) is 2.08. The molecule has 1 N–H and O–H groups in total. The normalized spacial score (nSPS) is 12.2. The largest absolute Gasteiger partial charge is 0.375 e. The van der Waals surface area contributed by atoms with Gasteiger partial charge >= 0.3 is 0 Å². The van der Waals surface area contributed by atoms with Gasteiger partial charge < -0.3 is 10.1 Å². The molecule has 0 radical (unpaired) electrons. The molecule has 1 rings (SSSR count). The highest BCUT2D eigenvalue weighted by Gasteiger charge is 2.12. The van der Waals surface area contributed by atoms with Crippen LogP contribution in [0.3, 0.4) is 0 Å². The lowest BCUT2D eigenvalue weighted by Gasteiger charge is -2.16. The zero-order valence-corrected chi connectivity index (χ0v) is 10.9. The molecule has 0 saturated heterocycles. The van der Waals surface area contributed by atoms with Gasteiger partial charge in [-0.3, -0.25) is 4.79 Å². The van der Waals surface area contributed by atoms with Crippen molar-refractivity contribution in [1.29, 1.82) is 0 Å². The third kappa shape index (κ3) is 4.84. The third-order valence-electron chi connectivity index (χ3n) is 2.75. The molecule has 0 aliphatic carbocycles. The summed E-state index contributed by atoms with van der Waals surface area (Å²) in [4.78, 5) is 11.5. The SMILES string of the molecule is CCCCC(=O)NCC(OC)c1cccc(F)c1. The van der Waals surface area contributed by atoms with Crippen LogP contribution in [0.2, 0.25) is 0 Å². The van der Waals surface area contributed by atoms with Gasteiger partial charge in [-0.15, -0.1) is 0 Å². The van der Waals surface area contributed by atoms with E-state index < -0.39 is 0 Å². The minimum Gasteiger partial charge on any atom is -0.375 e. The highest BCUT2D eigenvalue weighted by molar-refractivity contribution is 5.75. The number of carbonyl (C=O) groups excluding carboxylic acids is 1. The van der Waals surface area contributed by atoms with E-state index in [4.69, 9.17) is 4.74 Å². The first-order valence-electron chi connectivity index (χ1n) is 6.22. The molecule has 0 fully saturated rings. The monoisotopic (exact) mass is 253 g/mol. The third-order valence-corrected chi connectivity index (χ3v) is 2.75. The summed E-state index contributed by atoms with van der Waals surface area (Å²) in [5.41, 5.74) is 0.730. The molecular weight excluding hydrogens is 233 g/mol. The van der Waals surface area contributed by atoms with Crippen molar-refractivity contribution in [2.45, 2.75) is 32.3 Å². The molecule has 0 aliphatic heterocycles. The van der Waals surface area contributed by atoms with Crippen LogP contribution >= 0.6 is 0 Å². The molecule has 0 aromatic heterocycles. The van der Waals surface area contributed by atoms with E-state index in [9.17, 15) is 9.18 Å². The quantitative estimate of drug-likeness (QED) is 0.811. The lowest BCUT2D eigenvalue weighted by atomic mass is 10.1. The Kier molecular flexibility index (Phi) is 6.36. The molecule has 3 nitrogen and oxygen atoms in total. The maximum atomic E-state index is 13.1. The average Bonchev–Trinajstić information content (AvgIpc) is 2.37. The number of hydrogen-bond acceptors (Lipinski definition) is 2. The predicted octanol–water partition coefficient (Wildman–Crippen LogP) is 2.82. The van der Waals surface area contributed by atoms with Gasteiger partial charge in [-0.05, 0) is 24.1 Å². The van der Waals surface area contributed by atoms with Crippen molar-refractivity contribution in [1.82, 2.24) is 5.32 Å². The second-order valence-electron chi connectivity index (χ2n) is 4.19. The first-order chi connectivity index (χ1) is 8.67. The minimum atomic E-state index is -0.314. The fraction of sp³-hybridized carbons (Fsp3) is 0.500. The van der Waals surface area contributed by atoms with Crippen LogP contribution in [0.1, 0.15) is 37.9 Å². The molecule has 0 saturated carbocycles. The maximum absolute atomic E-state index is 13.1. The number of halogens is 1. The summed E-state index contributed by atoms with van der Waals surface area (Å²) < 4.78 is 18.4. The molecule has 1 atom stereocenters. The fourth-order valence-corrected chi connectivity index (χ4v) is 1.68. The highest BCUT2D eigenvalue weighted by atomic mass is 19.1. The Balaban J connectivity index is 2.50. The molecule has 1 aromatic rings.